The fourth-order valence-electron chi connectivity index (χ4n) is 5.23. The van der Waals surface area contributed by atoms with Gasteiger partial charge in [0.1, 0.15) is 11.5 Å². The van der Waals surface area contributed by atoms with Crippen LogP contribution in [0.1, 0.15) is 49.4 Å². The first-order chi connectivity index (χ1) is 13.6. The second-order valence-electron chi connectivity index (χ2n) is 7.96. The molecule has 0 spiro atoms. The van der Waals surface area contributed by atoms with Crippen molar-refractivity contribution in [3.63, 3.8) is 0 Å². The topological polar surface area (TPSA) is 63.1 Å². The Morgan fingerprint density at radius 1 is 1.00 bits per heavy atom. The lowest BCUT2D eigenvalue weighted by Crippen LogP contribution is -2.56. The van der Waals surface area contributed by atoms with Gasteiger partial charge in [-0.25, -0.2) is 0 Å². The molecule has 4 atom stereocenters. The summed E-state index contributed by atoms with van der Waals surface area (Å²) in [6.45, 7) is 2.21. The molecule has 4 rings (SSSR count). The van der Waals surface area contributed by atoms with E-state index < -0.39 is 0 Å². The number of hydrogen-bond donors (Lipinski definition) is 2. The summed E-state index contributed by atoms with van der Waals surface area (Å²) in [5.41, 5.74) is 2.79. The number of para-hydroxylation sites is 2. The largest absolute Gasteiger partial charge is 0.496 e. The van der Waals surface area contributed by atoms with Gasteiger partial charge in [-0.1, -0.05) is 54.9 Å². The predicted molar refractivity (Wildman–Crippen MR) is 109 cm³/mol. The lowest BCUT2D eigenvalue weighted by Gasteiger charge is -2.53. The molecule has 2 fully saturated rings. The first-order valence-electron chi connectivity index (χ1n) is 9.88. The summed E-state index contributed by atoms with van der Waals surface area (Å²) in [5.74, 6) is 1.83. The lowest BCUT2D eigenvalue weighted by atomic mass is 9.58. The number of fused-ring (bicyclic) bond motifs is 2. The highest BCUT2D eigenvalue weighted by Gasteiger charge is 2.53. The average molecular weight is 380 g/mol. The zero-order valence-electron chi connectivity index (χ0n) is 16.7. The standard InChI is InChI=1S/C23H28N2O3/c1-23-14-8-11-17(22(23)25-26)20(15-9-4-6-12-18(15)27-2)24-21(23)16-10-5-7-13-19(16)28-3/h4-7,9-10,12-13,17,20-21,24,26H,8,11,14H2,1-3H3/b25-22+. The van der Waals surface area contributed by atoms with Gasteiger partial charge < -0.3 is 20.0 Å². The molecule has 1 aliphatic carbocycles. The van der Waals surface area contributed by atoms with E-state index in [1.54, 1.807) is 14.2 Å². The van der Waals surface area contributed by atoms with E-state index in [9.17, 15) is 5.21 Å². The molecule has 2 aliphatic rings. The molecule has 2 bridgehead atoms. The minimum absolute atomic E-state index is 0.00494. The van der Waals surface area contributed by atoms with Crippen LogP contribution >= 0.6 is 0 Å². The van der Waals surface area contributed by atoms with Crippen LogP contribution in [0.25, 0.3) is 0 Å². The van der Waals surface area contributed by atoms with Crippen LogP contribution in [-0.4, -0.2) is 25.1 Å². The van der Waals surface area contributed by atoms with E-state index in [-0.39, 0.29) is 23.4 Å². The van der Waals surface area contributed by atoms with Gasteiger partial charge >= 0.3 is 0 Å². The van der Waals surface area contributed by atoms with Crippen molar-refractivity contribution in [3.05, 3.63) is 59.7 Å². The molecule has 2 aromatic carbocycles. The van der Waals surface area contributed by atoms with Crippen molar-refractivity contribution in [2.45, 2.75) is 38.3 Å². The van der Waals surface area contributed by atoms with Crippen LogP contribution < -0.4 is 14.8 Å². The lowest BCUT2D eigenvalue weighted by molar-refractivity contribution is 0.143. The van der Waals surface area contributed by atoms with E-state index in [1.807, 2.05) is 36.4 Å². The molecule has 4 unspecified atom stereocenters. The first-order valence-corrected chi connectivity index (χ1v) is 9.88. The number of benzene rings is 2. The van der Waals surface area contributed by atoms with Crippen molar-refractivity contribution >= 4 is 5.71 Å². The molecule has 5 heteroatoms. The van der Waals surface area contributed by atoms with Crippen molar-refractivity contribution in [3.8, 4) is 11.5 Å². The van der Waals surface area contributed by atoms with Gasteiger partial charge in [-0.3, -0.25) is 0 Å². The van der Waals surface area contributed by atoms with Gasteiger partial charge in [-0.15, -0.1) is 0 Å². The average Bonchev–Trinajstić information content (AvgIpc) is 2.73. The fourth-order valence-corrected chi connectivity index (χ4v) is 5.23. The number of methoxy groups -OCH3 is 2. The molecule has 0 aromatic heterocycles. The van der Waals surface area contributed by atoms with Crippen molar-refractivity contribution in [2.75, 3.05) is 14.2 Å². The third kappa shape index (κ3) is 2.85. The van der Waals surface area contributed by atoms with Crippen LogP contribution in [0.15, 0.2) is 53.7 Å². The Hall–Kier alpha value is -2.53. The molecule has 1 saturated carbocycles. The van der Waals surface area contributed by atoms with E-state index in [0.717, 1.165) is 47.6 Å². The third-order valence-corrected chi connectivity index (χ3v) is 6.56. The van der Waals surface area contributed by atoms with E-state index in [2.05, 4.69) is 29.5 Å². The molecule has 0 amide bonds. The Morgan fingerprint density at radius 3 is 2.25 bits per heavy atom. The summed E-state index contributed by atoms with van der Waals surface area (Å²) >= 11 is 0. The highest BCUT2D eigenvalue weighted by atomic mass is 16.5. The van der Waals surface area contributed by atoms with E-state index in [4.69, 9.17) is 9.47 Å². The van der Waals surface area contributed by atoms with Gasteiger partial charge in [-0.05, 0) is 25.0 Å². The number of piperidine rings is 1. The Kier molecular flexibility index (Phi) is 5.02. The molecule has 1 heterocycles. The second-order valence-corrected chi connectivity index (χ2v) is 7.96. The summed E-state index contributed by atoms with van der Waals surface area (Å²) in [7, 11) is 3.40. The maximum Gasteiger partial charge on any atom is 0.123 e. The summed E-state index contributed by atoms with van der Waals surface area (Å²) in [6, 6.07) is 16.2. The van der Waals surface area contributed by atoms with Crippen LogP contribution in [-0.2, 0) is 0 Å². The van der Waals surface area contributed by atoms with Crippen molar-refractivity contribution in [2.24, 2.45) is 16.5 Å². The second kappa shape index (κ2) is 7.47. The zero-order chi connectivity index (χ0) is 19.7. The van der Waals surface area contributed by atoms with Crippen molar-refractivity contribution < 1.29 is 14.7 Å². The zero-order valence-corrected chi connectivity index (χ0v) is 16.7. The highest BCUT2D eigenvalue weighted by Crippen LogP contribution is 2.55. The number of hydrogen-bond acceptors (Lipinski definition) is 5. The molecule has 1 aliphatic heterocycles. The molecule has 0 radical (unpaired) electrons. The Bertz CT molecular complexity index is 882. The molecular weight excluding hydrogens is 352 g/mol. The maximum absolute atomic E-state index is 10.0. The Labute approximate surface area is 166 Å². The van der Waals surface area contributed by atoms with Gasteiger partial charge in [0.15, 0.2) is 0 Å². The summed E-state index contributed by atoms with van der Waals surface area (Å²) < 4.78 is 11.3. The van der Waals surface area contributed by atoms with E-state index in [0.29, 0.717) is 0 Å². The number of oxime groups is 1. The summed E-state index contributed by atoms with van der Waals surface area (Å²) in [5, 5.41) is 17.8. The maximum atomic E-state index is 10.0. The number of nitrogens with zero attached hydrogens (tertiary/aromatic N) is 1. The van der Waals surface area contributed by atoms with Crippen LogP contribution in [0.5, 0.6) is 11.5 Å². The molecule has 2 aromatic rings. The SMILES string of the molecule is COc1ccccc1C1NC(c2ccccc2OC)C2(C)CCCC1/C2=N\O. The van der Waals surface area contributed by atoms with Crippen molar-refractivity contribution in [1.82, 2.24) is 5.32 Å². The Morgan fingerprint density at radius 2 is 1.61 bits per heavy atom. The normalized spacial score (nSPS) is 30.8. The van der Waals surface area contributed by atoms with Gasteiger partial charge in [0, 0.05) is 34.5 Å². The van der Waals surface area contributed by atoms with Gasteiger partial charge in [0.25, 0.3) is 0 Å². The predicted octanol–water partition coefficient (Wildman–Crippen LogP) is 4.73. The first kappa shape index (κ1) is 18.8. The summed E-state index contributed by atoms with van der Waals surface area (Å²) in [4.78, 5) is 0. The molecular formula is C23H28N2O3. The Balaban J connectivity index is 1.87. The van der Waals surface area contributed by atoms with Gasteiger partial charge in [0.2, 0.25) is 0 Å². The molecule has 148 valence electrons. The fraction of sp³-hybridized carbons (Fsp3) is 0.435. The minimum Gasteiger partial charge on any atom is -0.496 e. The van der Waals surface area contributed by atoms with E-state index in [1.165, 1.54) is 0 Å². The van der Waals surface area contributed by atoms with Gasteiger partial charge in [0.05, 0.1) is 19.9 Å². The molecule has 2 N–H and O–H groups in total. The highest BCUT2D eigenvalue weighted by molar-refractivity contribution is 5.95. The summed E-state index contributed by atoms with van der Waals surface area (Å²) in [6.07, 6.45) is 3.06. The van der Waals surface area contributed by atoms with E-state index >= 15 is 0 Å². The van der Waals surface area contributed by atoms with Gasteiger partial charge in [-0.2, -0.15) is 0 Å². The molecule has 28 heavy (non-hydrogen) atoms. The third-order valence-electron chi connectivity index (χ3n) is 6.56. The molecule has 5 nitrogen and oxygen atoms in total. The minimum atomic E-state index is -0.273. The van der Waals surface area contributed by atoms with Crippen LogP contribution in [0.2, 0.25) is 0 Å². The van der Waals surface area contributed by atoms with Crippen LogP contribution in [0.4, 0.5) is 0 Å². The monoisotopic (exact) mass is 380 g/mol. The smallest absolute Gasteiger partial charge is 0.123 e. The number of ether oxygens (including phenoxy) is 2. The number of rotatable bonds is 4. The van der Waals surface area contributed by atoms with Crippen LogP contribution in [0.3, 0.4) is 0 Å². The quantitative estimate of drug-likeness (QED) is 0.595. The van der Waals surface area contributed by atoms with Crippen molar-refractivity contribution in [1.29, 1.82) is 0 Å². The number of nitrogens with one attached hydrogen (secondary N) is 1. The van der Waals surface area contributed by atoms with Crippen LogP contribution in [0, 0.1) is 11.3 Å². The molecule has 1 saturated heterocycles.